The number of amides is 1. The molecule has 3 N–H and O–H groups in total. The maximum Gasteiger partial charge on any atom is 0.407 e. The summed E-state index contributed by atoms with van der Waals surface area (Å²) in [6.07, 6.45) is -1.53. The second-order valence-electron chi connectivity index (χ2n) is 4.86. The third kappa shape index (κ3) is 5.63. The van der Waals surface area contributed by atoms with Gasteiger partial charge in [-0.3, -0.25) is 4.98 Å². The minimum absolute atomic E-state index is 0.138. The summed E-state index contributed by atoms with van der Waals surface area (Å²) in [5.41, 5.74) is 1.18. The van der Waals surface area contributed by atoms with E-state index in [0.717, 1.165) is 10.0 Å². The number of nitrogens with one attached hydrogen (secondary N) is 1. The highest BCUT2D eigenvalue weighted by atomic mass is 79.9. The topological polar surface area (TPSA) is 91.7 Å². The van der Waals surface area contributed by atoms with E-state index < -0.39 is 18.3 Å². The van der Waals surface area contributed by atoms with Crippen molar-refractivity contribution >= 4 is 22.0 Å². The van der Waals surface area contributed by atoms with E-state index in [0.29, 0.717) is 5.69 Å². The molecule has 7 heteroatoms. The van der Waals surface area contributed by atoms with Crippen LogP contribution in [0.25, 0.3) is 0 Å². The number of pyridine rings is 1. The molecule has 0 spiro atoms. The van der Waals surface area contributed by atoms with Crippen LogP contribution in [0.2, 0.25) is 0 Å². The van der Waals surface area contributed by atoms with Crippen LogP contribution in [0.15, 0.2) is 53.1 Å². The molecule has 0 radical (unpaired) electrons. The monoisotopic (exact) mass is 380 g/mol. The molecule has 1 amide bonds. The second kappa shape index (κ2) is 8.61. The number of rotatable bonds is 6. The van der Waals surface area contributed by atoms with Crippen molar-refractivity contribution in [3.63, 3.8) is 0 Å². The maximum absolute atomic E-state index is 11.6. The van der Waals surface area contributed by atoms with Gasteiger partial charge in [0.05, 0.1) is 5.69 Å². The highest BCUT2D eigenvalue weighted by molar-refractivity contribution is 9.10. The number of hydrogen-bond donors (Lipinski definition) is 3. The number of aliphatic hydroxyl groups is 2. The molecule has 1 aromatic carbocycles. The first kappa shape index (κ1) is 17.4. The Morgan fingerprint density at radius 3 is 2.61 bits per heavy atom. The summed E-state index contributed by atoms with van der Waals surface area (Å²) in [7, 11) is 0. The van der Waals surface area contributed by atoms with E-state index in [1.165, 1.54) is 6.20 Å². The van der Waals surface area contributed by atoms with Crippen LogP contribution >= 0.6 is 15.9 Å². The van der Waals surface area contributed by atoms with Gasteiger partial charge >= 0.3 is 6.09 Å². The molecule has 0 fully saturated rings. The fraction of sp³-hybridized carbons (Fsp3) is 0.250. The van der Waals surface area contributed by atoms with Crippen molar-refractivity contribution in [3.8, 4) is 0 Å². The number of carbonyl (C=O) groups is 1. The average molecular weight is 381 g/mol. The Morgan fingerprint density at radius 2 is 1.96 bits per heavy atom. The summed E-state index contributed by atoms with van der Waals surface area (Å²) in [4.78, 5) is 15.6. The molecular formula is C16H17BrN2O4. The number of nitrogens with zero attached hydrogens (tertiary/aromatic N) is 1. The van der Waals surface area contributed by atoms with Gasteiger partial charge in [0, 0.05) is 17.2 Å². The van der Waals surface area contributed by atoms with Crippen molar-refractivity contribution in [1.29, 1.82) is 0 Å². The molecule has 2 aromatic rings. The van der Waals surface area contributed by atoms with Gasteiger partial charge in [-0.15, -0.1) is 0 Å². The number of halogens is 1. The van der Waals surface area contributed by atoms with Crippen molar-refractivity contribution in [2.75, 3.05) is 6.54 Å². The van der Waals surface area contributed by atoms with Crippen LogP contribution < -0.4 is 5.32 Å². The quantitative estimate of drug-likeness (QED) is 0.714. The SMILES string of the molecule is O=C(NCC(O)C(O)c1ccc(Br)cn1)OCc1ccccc1. The molecule has 1 heterocycles. The first-order valence-corrected chi connectivity index (χ1v) is 7.77. The Balaban J connectivity index is 1.75. The van der Waals surface area contributed by atoms with Crippen molar-refractivity contribution in [3.05, 3.63) is 64.4 Å². The summed E-state index contributed by atoms with van der Waals surface area (Å²) in [5.74, 6) is 0. The fourth-order valence-electron chi connectivity index (χ4n) is 1.83. The number of carbonyl (C=O) groups excluding carboxylic acids is 1. The van der Waals surface area contributed by atoms with Crippen molar-refractivity contribution < 1.29 is 19.7 Å². The lowest BCUT2D eigenvalue weighted by molar-refractivity contribution is 0.0159. The summed E-state index contributed by atoms with van der Waals surface area (Å²) >= 11 is 3.24. The molecule has 0 bridgehead atoms. The largest absolute Gasteiger partial charge is 0.445 e. The molecule has 0 saturated heterocycles. The normalized spacial score (nSPS) is 13.2. The molecule has 1 aromatic heterocycles. The Morgan fingerprint density at radius 1 is 1.22 bits per heavy atom. The van der Waals surface area contributed by atoms with Crippen molar-refractivity contribution in [2.45, 2.75) is 18.8 Å². The van der Waals surface area contributed by atoms with Crippen molar-refractivity contribution in [2.24, 2.45) is 0 Å². The van der Waals surface area contributed by atoms with Gasteiger partial charge in [-0.05, 0) is 33.6 Å². The van der Waals surface area contributed by atoms with Gasteiger partial charge in [-0.1, -0.05) is 30.3 Å². The van der Waals surface area contributed by atoms with E-state index in [1.54, 1.807) is 12.1 Å². The maximum atomic E-state index is 11.6. The predicted molar refractivity (Wildman–Crippen MR) is 87.5 cm³/mol. The Hall–Kier alpha value is -1.96. The molecular weight excluding hydrogens is 364 g/mol. The second-order valence-corrected chi connectivity index (χ2v) is 5.77. The third-order valence-corrected chi connectivity index (χ3v) is 3.56. The molecule has 0 aliphatic heterocycles. The molecule has 0 aliphatic rings. The zero-order valence-electron chi connectivity index (χ0n) is 12.2. The van der Waals surface area contributed by atoms with E-state index in [-0.39, 0.29) is 13.2 Å². The zero-order valence-corrected chi connectivity index (χ0v) is 13.8. The number of hydrogen-bond acceptors (Lipinski definition) is 5. The molecule has 23 heavy (non-hydrogen) atoms. The van der Waals surface area contributed by atoms with Gasteiger partial charge in [0.15, 0.2) is 0 Å². The first-order chi connectivity index (χ1) is 11.1. The van der Waals surface area contributed by atoms with Crippen LogP contribution in [0.5, 0.6) is 0 Å². The number of aromatic nitrogens is 1. The number of aliphatic hydroxyl groups excluding tert-OH is 2. The van der Waals surface area contributed by atoms with Gasteiger partial charge in [0.1, 0.15) is 18.8 Å². The summed E-state index contributed by atoms with van der Waals surface area (Å²) in [6, 6.07) is 12.5. The standard InChI is InChI=1S/C16H17BrN2O4/c17-12-6-7-13(18-8-12)15(21)14(20)9-19-16(22)23-10-11-4-2-1-3-5-11/h1-8,14-15,20-21H,9-10H2,(H,19,22). The molecule has 6 nitrogen and oxygen atoms in total. The first-order valence-electron chi connectivity index (χ1n) is 6.98. The van der Waals surface area contributed by atoms with Gasteiger partial charge in [-0.25, -0.2) is 4.79 Å². The molecule has 2 unspecified atom stereocenters. The third-order valence-electron chi connectivity index (χ3n) is 3.09. The predicted octanol–water partition coefficient (Wildman–Crippen LogP) is 2.16. The lowest BCUT2D eigenvalue weighted by atomic mass is 10.1. The number of alkyl carbamates (subject to hydrolysis) is 1. The minimum Gasteiger partial charge on any atom is -0.445 e. The Labute approximate surface area is 142 Å². The van der Waals surface area contributed by atoms with E-state index >= 15 is 0 Å². The van der Waals surface area contributed by atoms with Crippen LogP contribution in [-0.2, 0) is 11.3 Å². The lowest BCUT2D eigenvalue weighted by Crippen LogP contribution is -2.36. The molecule has 122 valence electrons. The van der Waals surface area contributed by atoms with Gasteiger partial charge < -0.3 is 20.3 Å². The van der Waals surface area contributed by atoms with Crippen molar-refractivity contribution in [1.82, 2.24) is 10.3 Å². The van der Waals surface area contributed by atoms with Crippen LogP contribution in [0.4, 0.5) is 4.79 Å². The van der Waals surface area contributed by atoms with Crippen LogP contribution in [0.1, 0.15) is 17.4 Å². The van der Waals surface area contributed by atoms with Crippen LogP contribution in [0, 0.1) is 0 Å². The molecule has 0 saturated carbocycles. The summed E-state index contributed by atoms with van der Waals surface area (Å²) < 4.78 is 5.78. The fourth-order valence-corrected chi connectivity index (χ4v) is 2.07. The lowest BCUT2D eigenvalue weighted by Gasteiger charge is -2.17. The van der Waals surface area contributed by atoms with Gasteiger partial charge in [0.25, 0.3) is 0 Å². The Kier molecular flexibility index (Phi) is 6.52. The molecule has 2 atom stereocenters. The number of ether oxygens (including phenoxy) is 1. The highest BCUT2D eigenvalue weighted by Gasteiger charge is 2.20. The molecule has 2 rings (SSSR count). The van der Waals surface area contributed by atoms with Crippen LogP contribution in [0.3, 0.4) is 0 Å². The van der Waals surface area contributed by atoms with E-state index in [9.17, 15) is 15.0 Å². The summed E-state index contributed by atoms with van der Waals surface area (Å²) in [5, 5.41) is 22.3. The molecule has 0 aliphatic carbocycles. The minimum atomic E-state index is -1.20. The van der Waals surface area contributed by atoms with E-state index in [4.69, 9.17) is 4.74 Å². The Bertz CT molecular complexity index is 622. The van der Waals surface area contributed by atoms with E-state index in [1.807, 2.05) is 30.3 Å². The van der Waals surface area contributed by atoms with Gasteiger partial charge in [0.2, 0.25) is 0 Å². The zero-order chi connectivity index (χ0) is 16.7. The smallest absolute Gasteiger partial charge is 0.407 e. The van der Waals surface area contributed by atoms with Crippen LogP contribution in [-0.4, -0.2) is 33.9 Å². The highest BCUT2D eigenvalue weighted by Crippen LogP contribution is 2.16. The average Bonchev–Trinajstić information content (AvgIpc) is 2.58. The van der Waals surface area contributed by atoms with Gasteiger partial charge in [-0.2, -0.15) is 0 Å². The van der Waals surface area contributed by atoms with E-state index in [2.05, 4.69) is 26.2 Å². The summed E-state index contributed by atoms with van der Waals surface area (Å²) in [6.45, 7) is -0.00781. The number of benzene rings is 1.